The van der Waals surface area contributed by atoms with Gasteiger partial charge in [0.25, 0.3) is 0 Å². The molecular formula is C22H32N2O2+2. The first kappa shape index (κ1) is 18.7. The van der Waals surface area contributed by atoms with Crippen molar-refractivity contribution in [2.75, 3.05) is 26.7 Å². The van der Waals surface area contributed by atoms with Crippen LogP contribution in [0.3, 0.4) is 0 Å². The van der Waals surface area contributed by atoms with E-state index in [1.165, 1.54) is 43.6 Å². The zero-order valence-electron chi connectivity index (χ0n) is 16.0. The Morgan fingerprint density at radius 3 is 2.73 bits per heavy atom. The van der Waals surface area contributed by atoms with Gasteiger partial charge in [-0.15, -0.1) is 0 Å². The maximum atomic E-state index is 6.16. The SMILES string of the molecule is CC[NH+]1CCC[C@@H]1C[NH2+]Cc1cccc(OC)c1OCc1ccccc1. The van der Waals surface area contributed by atoms with Crippen LogP contribution in [0.1, 0.15) is 30.9 Å². The highest BCUT2D eigenvalue weighted by atomic mass is 16.5. The molecule has 0 bridgehead atoms. The standard InChI is InChI=1S/C22H30N2O2/c1-3-24-14-8-12-20(24)16-23-15-19-11-7-13-21(25-2)22(19)26-17-18-9-5-4-6-10-18/h4-7,9-11,13,20,23H,3,8,12,14-17H2,1-2H3/p+2/t20-/m1/s1. The molecule has 0 amide bonds. The molecule has 1 heterocycles. The molecule has 3 N–H and O–H groups in total. The van der Waals surface area contributed by atoms with Gasteiger partial charge in [-0.05, 0) is 24.6 Å². The van der Waals surface area contributed by atoms with Gasteiger partial charge in [-0.2, -0.15) is 0 Å². The number of hydrogen-bond donors (Lipinski definition) is 2. The molecule has 1 unspecified atom stereocenters. The molecule has 3 rings (SSSR count). The average molecular weight is 357 g/mol. The van der Waals surface area contributed by atoms with Crippen molar-refractivity contribution in [3.8, 4) is 11.5 Å². The Labute approximate surface area is 157 Å². The molecule has 26 heavy (non-hydrogen) atoms. The van der Waals surface area contributed by atoms with E-state index in [1.54, 1.807) is 12.0 Å². The van der Waals surface area contributed by atoms with Crippen LogP contribution in [0.15, 0.2) is 48.5 Å². The van der Waals surface area contributed by atoms with E-state index in [-0.39, 0.29) is 0 Å². The van der Waals surface area contributed by atoms with E-state index in [1.807, 2.05) is 24.3 Å². The first-order valence-corrected chi connectivity index (χ1v) is 9.80. The predicted octanol–water partition coefficient (Wildman–Crippen LogP) is 1.40. The number of likely N-dealkylation sites (N-methyl/N-ethyl adjacent to an activating group) is 1. The van der Waals surface area contributed by atoms with Crippen LogP contribution in [-0.4, -0.2) is 32.8 Å². The molecule has 0 aromatic heterocycles. The Balaban J connectivity index is 1.62. The fourth-order valence-electron chi connectivity index (χ4n) is 3.95. The Bertz CT molecular complexity index is 675. The van der Waals surface area contributed by atoms with Gasteiger partial charge in [-0.3, -0.25) is 0 Å². The second kappa shape index (κ2) is 9.60. The van der Waals surface area contributed by atoms with Crippen molar-refractivity contribution in [2.45, 2.75) is 39.0 Å². The lowest BCUT2D eigenvalue weighted by molar-refractivity contribution is -0.925. The molecule has 1 aliphatic heterocycles. The highest BCUT2D eigenvalue weighted by Crippen LogP contribution is 2.31. The molecule has 4 nitrogen and oxygen atoms in total. The fourth-order valence-corrected chi connectivity index (χ4v) is 3.95. The molecule has 0 spiro atoms. The predicted molar refractivity (Wildman–Crippen MR) is 104 cm³/mol. The van der Waals surface area contributed by atoms with E-state index in [4.69, 9.17) is 9.47 Å². The van der Waals surface area contributed by atoms with Gasteiger partial charge in [0.15, 0.2) is 11.5 Å². The average Bonchev–Trinajstić information content (AvgIpc) is 3.15. The van der Waals surface area contributed by atoms with Crippen molar-refractivity contribution in [1.29, 1.82) is 0 Å². The van der Waals surface area contributed by atoms with Crippen molar-refractivity contribution in [1.82, 2.24) is 0 Å². The van der Waals surface area contributed by atoms with E-state index in [2.05, 4.69) is 36.5 Å². The van der Waals surface area contributed by atoms with Crippen LogP contribution >= 0.6 is 0 Å². The number of ether oxygens (including phenoxy) is 2. The van der Waals surface area contributed by atoms with E-state index >= 15 is 0 Å². The smallest absolute Gasteiger partial charge is 0.170 e. The molecule has 1 fully saturated rings. The van der Waals surface area contributed by atoms with Gasteiger partial charge in [-0.1, -0.05) is 36.4 Å². The summed E-state index contributed by atoms with van der Waals surface area (Å²) in [5, 5.41) is 2.43. The van der Waals surface area contributed by atoms with Crippen molar-refractivity contribution in [3.05, 3.63) is 59.7 Å². The van der Waals surface area contributed by atoms with Gasteiger partial charge >= 0.3 is 0 Å². The summed E-state index contributed by atoms with van der Waals surface area (Å²) in [5.74, 6) is 1.69. The van der Waals surface area contributed by atoms with E-state index in [0.29, 0.717) is 6.61 Å². The lowest BCUT2D eigenvalue weighted by Gasteiger charge is -2.19. The third-order valence-corrected chi connectivity index (χ3v) is 5.40. The third-order valence-electron chi connectivity index (χ3n) is 5.40. The second-order valence-electron chi connectivity index (χ2n) is 7.05. The summed E-state index contributed by atoms with van der Waals surface area (Å²) in [5.41, 5.74) is 2.37. The molecule has 2 atom stereocenters. The number of quaternary nitrogens is 2. The lowest BCUT2D eigenvalue weighted by Crippen LogP contribution is -3.16. The topological polar surface area (TPSA) is 39.5 Å². The van der Waals surface area contributed by atoms with Crippen LogP contribution in [0.5, 0.6) is 11.5 Å². The van der Waals surface area contributed by atoms with E-state index in [0.717, 1.165) is 24.1 Å². The largest absolute Gasteiger partial charge is 0.493 e. The molecule has 2 aromatic rings. The Morgan fingerprint density at radius 1 is 1.12 bits per heavy atom. The quantitative estimate of drug-likeness (QED) is 0.713. The number of rotatable bonds is 9. The van der Waals surface area contributed by atoms with Crippen molar-refractivity contribution in [3.63, 3.8) is 0 Å². The van der Waals surface area contributed by atoms with Crippen molar-refractivity contribution in [2.24, 2.45) is 0 Å². The van der Waals surface area contributed by atoms with Gasteiger partial charge in [0.05, 0.1) is 25.8 Å². The highest BCUT2D eigenvalue weighted by Gasteiger charge is 2.28. The minimum absolute atomic E-state index is 0.560. The van der Waals surface area contributed by atoms with Crippen LogP contribution in [0.2, 0.25) is 0 Å². The number of para-hydroxylation sites is 1. The summed E-state index contributed by atoms with van der Waals surface area (Å²) in [6, 6.07) is 17.3. The minimum atomic E-state index is 0.560. The summed E-state index contributed by atoms with van der Waals surface area (Å²) in [7, 11) is 1.71. The number of methoxy groups -OCH3 is 1. The van der Waals surface area contributed by atoms with E-state index in [9.17, 15) is 0 Å². The molecule has 0 aliphatic carbocycles. The monoisotopic (exact) mass is 356 g/mol. The zero-order chi connectivity index (χ0) is 18.2. The first-order valence-electron chi connectivity index (χ1n) is 9.80. The maximum absolute atomic E-state index is 6.16. The third kappa shape index (κ3) is 4.77. The van der Waals surface area contributed by atoms with Crippen LogP contribution in [0.25, 0.3) is 0 Å². The van der Waals surface area contributed by atoms with Crippen LogP contribution in [0, 0.1) is 0 Å². The van der Waals surface area contributed by atoms with Gasteiger partial charge in [0.2, 0.25) is 0 Å². The first-order chi connectivity index (χ1) is 12.8. The summed E-state index contributed by atoms with van der Waals surface area (Å²) in [4.78, 5) is 1.76. The van der Waals surface area contributed by atoms with Gasteiger partial charge in [0.1, 0.15) is 25.7 Å². The van der Waals surface area contributed by atoms with Gasteiger partial charge < -0.3 is 19.7 Å². The fraction of sp³-hybridized carbons (Fsp3) is 0.455. The molecular weight excluding hydrogens is 324 g/mol. The summed E-state index contributed by atoms with van der Waals surface area (Å²) in [6.45, 7) is 7.53. The number of likely N-dealkylation sites (tertiary alicyclic amines) is 1. The second-order valence-corrected chi connectivity index (χ2v) is 7.05. The molecule has 0 radical (unpaired) electrons. The van der Waals surface area contributed by atoms with Crippen LogP contribution in [-0.2, 0) is 13.2 Å². The molecule has 4 heteroatoms. The number of nitrogens with one attached hydrogen (secondary N) is 1. The summed E-state index contributed by atoms with van der Waals surface area (Å²) < 4.78 is 11.7. The van der Waals surface area contributed by atoms with Crippen LogP contribution in [0.4, 0.5) is 0 Å². The molecule has 0 saturated carbocycles. The molecule has 2 aromatic carbocycles. The van der Waals surface area contributed by atoms with Gasteiger partial charge in [0, 0.05) is 12.8 Å². The normalized spacial score (nSPS) is 19.5. The Morgan fingerprint density at radius 2 is 1.96 bits per heavy atom. The number of benzene rings is 2. The van der Waals surface area contributed by atoms with Crippen LogP contribution < -0.4 is 19.7 Å². The highest BCUT2D eigenvalue weighted by molar-refractivity contribution is 5.46. The summed E-state index contributed by atoms with van der Waals surface area (Å²) >= 11 is 0. The lowest BCUT2D eigenvalue weighted by atomic mass is 10.1. The Kier molecular flexibility index (Phi) is 6.92. The number of hydrogen-bond acceptors (Lipinski definition) is 2. The van der Waals surface area contributed by atoms with Gasteiger partial charge in [-0.25, -0.2) is 0 Å². The molecule has 140 valence electrons. The Hall–Kier alpha value is -2.04. The molecule has 1 aliphatic rings. The number of nitrogens with two attached hydrogens (primary N) is 1. The molecule has 1 saturated heterocycles. The van der Waals surface area contributed by atoms with Crippen molar-refractivity contribution >= 4 is 0 Å². The van der Waals surface area contributed by atoms with E-state index < -0.39 is 0 Å². The zero-order valence-corrected chi connectivity index (χ0v) is 16.0. The minimum Gasteiger partial charge on any atom is -0.493 e. The maximum Gasteiger partial charge on any atom is 0.170 e. The van der Waals surface area contributed by atoms with Crippen molar-refractivity contribution < 1.29 is 19.7 Å². The summed E-state index contributed by atoms with van der Waals surface area (Å²) in [6.07, 6.45) is 2.72.